The van der Waals surface area contributed by atoms with Crippen LogP contribution >= 0.6 is 0 Å². The van der Waals surface area contributed by atoms with Gasteiger partial charge < -0.3 is 10.8 Å². The Hall–Kier alpha value is -2.88. The van der Waals surface area contributed by atoms with Crippen LogP contribution in [0.25, 0.3) is 6.08 Å². The number of rotatable bonds is 4. The van der Waals surface area contributed by atoms with Crippen LogP contribution in [0.5, 0.6) is 0 Å². The third kappa shape index (κ3) is 3.32. The normalized spacial score (nSPS) is 10.6. The number of hydrogen-bond donors (Lipinski definition) is 2. The number of nitrogens with two attached hydrogens (primary N) is 1. The fourth-order valence-corrected chi connectivity index (χ4v) is 1.76. The number of aliphatic carboxylic acids is 1. The second-order valence-corrected chi connectivity index (χ2v) is 4.25. The Bertz CT molecular complexity index is 672. The van der Waals surface area contributed by atoms with Crippen LogP contribution in [-0.2, 0) is 4.79 Å². The Labute approximate surface area is 116 Å². The van der Waals surface area contributed by atoms with Crippen molar-refractivity contribution in [2.75, 3.05) is 5.73 Å². The monoisotopic (exact) mass is 267 g/mol. The van der Waals surface area contributed by atoms with E-state index in [9.17, 15) is 9.59 Å². The summed E-state index contributed by atoms with van der Waals surface area (Å²) in [7, 11) is 0. The molecule has 0 atom stereocenters. The highest BCUT2D eigenvalue weighted by Gasteiger charge is 2.08. The number of carboxylic acid groups (broad SMARTS) is 1. The van der Waals surface area contributed by atoms with Gasteiger partial charge in [0.15, 0.2) is 5.78 Å². The number of ketones is 1. The molecule has 4 heteroatoms. The van der Waals surface area contributed by atoms with Crippen molar-refractivity contribution in [2.24, 2.45) is 0 Å². The zero-order chi connectivity index (χ0) is 14.5. The molecular formula is C16H13NO3. The lowest BCUT2D eigenvalue weighted by Crippen LogP contribution is -2.01. The number of benzene rings is 2. The second-order valence-electron chi connectivity index (χ2n) is 4.25. The minimum atomic E-state index is -1.01. The Balaban J connectivity index is 2.22. The molecule has 3 N–H and O–H groups in total. The van der Waals surface area contributed by atoms with Crippen molar-refractivity contribution >= 4 is 23.5 Å². The van der Waals surface area contributed by atoms with Crippen molar-refractivity contribution in [3.05, 3.63) is 71.3 Å². The number of hydrogen-bond acceptors (Lipinski definition) is 3. The van der Waals surface area contributed by atoms with E-state index in [1.165, 1.54) is 6.08 Å². The average Bonchev–Trinajstić information content (AvgIpc) is 2.45. The first-order chi connectivity index (χ1) is 9.56. The molecule has 0 amide bonds. The molecule has 0 radical (unpaired) electrons. The maximum absolute atomic E-state index is 12.2. The van der Waals surface area contributed by atoms with Gasteiger partial charge in [-0.3, -0.25) is 4.79 Å². The van der Waals surface area contributed by atoms with E-state index in [-0.39, 0.29) is 5.78 Å². The molecule has 0 aliphatic carbocycles. The molecule has 20 heavy (non-hydrogen) atoms. The minimum absolute atomic E-state index is 0.119. The lowest BCUT2D eigenvalue weighted by molar-refractivity contribution is -0.131. The highest BCUT2D eigenvalue weighted by atomic mass is 16.4. The van der Waals surface area contributed by atoms with Gasteiger partial charge in [0.05, 0.1) is 0 Å². The van der Waals surface area contributed by atoms with Gasteiger partial charge in [0.25, 0.3) is 0 Å². The Kier molecular flexibility index (Phi) is 3.96. The predicted octanol–water partition coefficient (Wildman–Crippen LogP) is 2.60. The molecule has 2 aromatic carbocycles. The number of carbonyl (C=O) groups is 2. The second kappa shape index (κ2) is 5.84. The molecule has 0 aliphatic rings. The molecule has 0 aliphatic heterocycles. The Morgan fingerprint density at radius 3 is 2.30 bits per heavy atom. The molecule has 2 aromatic rings. The van der Waals surface area contributed by atoms with E-state index in [2.05, 4.69) is 0 Å². The smallest absolute Gasteiger partial charge is 0.328 e. The summed E-state index contributed by atoms with van der Waals surface area (Å²) in [6, 6.07) is 13.5. The summed E-state index contributed by atoms with van der Waals surface area (Å²) >= 11 is 0. The van der Waals surface area contributed by atoms with E-state index < -0.39 is 5.97 Å². The molecule has 0 heterocycles. The van der Waals surface area contributed by atoms with Crippen LogP contribution in [0.2, 0.25) is 0 Å². The summed E-state index contributed by atoms with van der Waals surface area (Å²) in [6.07, 6.45) is 2.52. The minimum Gasteiger partial charge on any atom is -0.478 e. The SMILES string of the molecule is Nc1cccc(C(=O)c2ccc(C=CC(=O)O)cc2)c1. The molecule has 0 aromatic heterocycles. The highest BCUT2D eigenvalue weighted by Crippen LogP contribution is 2.14. The molecule has 100 valence electrons. The van der Waals surface area contributed by atoms with E-state index >= 15 is 0 Å². The van der Waals surface area contributed by atoms with Gasteiger partial charge in [0, 0.05) is 22.9 Å². The zero-order valence-corrected chi connectivity index (χ0v) is 10.6. The summed E-state index contributed by atoms with van der Waals surface area (Å²) in [4.78, 5) is 22.6. The van der Waals surface area contributed by atoms with E-state index in [1.807, 2.05) is 0 Å². The lowest BCUT2D eigenvalue weighted by atomic mass is 10.0. The van der Waals surface area contributed by atoms with Gasteiger partial charge in [-0.25, -0.2) is 4.79 Å². The molecule has 0 unspecified atom stereocenters. The predicted molar refractivity (Wildman–Crippen MR) is 77.4 cm³/mol. The summed E-state index contributed by atoms with van der Waals surface area (Å²) in [5.74, 6) is -1.13. The Morgan fingerprint density at radius 2 is 1.70 bits per heavy atom. The van der Waals surface area contributed by atoms with E-state index in [0.717, 1.165) is 11.6 Å². The van der Waals surface area contributed by atoms with Crippen LogP contribution in [0.3, 0.4) is 0 Å². The standard InChI is InChI=1S/C16H13NO3/c17-14-3-1-2-13(10-14)16(20)12-7-4-11(5-8-12)6-9-15(18)19/h1-10H,17H2,(H,18,19). The molecule has 0 saturated carbocycles. The van der Waals surface area contributed by atoms with Crippen molar-refractivity contribution in [3.8, 4) is 0 Å². The van der Waals surface area contributed by atoms with Gasteiger partial charge in [-0.1, -0.05) is 36.4 Å². The summed E-state index contributed by atoms with van der Waals surface area (Å²) in [5, 5.41) is 8.54. The van der Waals surface area contributed by atoms with Crippen LogP contribution in [0, 0.1) is 0 Å². The molecule has 0 bridgehead atoms. The fourth-order valence-electron chi connectivity index (χ4n) is 1.76. The third-order valence-corrected chi connectivity index (χ3v) is 2.74. The zero-order valence-electron chi connectivity index (χ0n) is 10.6. The van der Waals surface area contributed by atoms with Crippen molar-refractivity contribution < 1.29 is 14.7 Å². The van der Waals surface area contributed by atoms with E-state index in [0.29, 0.717) is 16.8 Å². The van der Waals surface area contributed by atoms with Gasteiger partial charge in [0.1, 0.15) is 0 Å². The fraction of sp³-hybridized carbons (Fsp3) is 0. The van der Waals surface area contributed by atoms with Gasteiger partial charge >= 0.3 is 5.97 Å². The van der Waals surface area contributed by atoms with Crippen LogP contribution < -0.4 is 5.73 Å². The van der Waals surface area contributed by atoms with Crippen LogP contribution in [-0.4, -0.2) is 16.9 Å². The summed E-state index contributed by atoms with van der Waals surface area (Å²) in [5.41, 5.74) is 7.96. The van der Waals surface area contributed by atoms with Crippen LogP contribution in [0.1, 0.15) is 21.5 Å². The van der Waals surface area contributed by atoms with Crippen molar-refractivity contribution in [2.45, 2.75) is 0 Å². The topological polar surface area (TPSA) is 80.4 Å². The molecular weight excluding hydrogens is 254 g/mol. The van der Waals surface area contributed by atoms with Gasteiger partial charge in [-0.15, -0.1) is 0 Å². The van der Waals surface area contributed by atoms with E-state index in [1.54, 1.807) is 48.5 Å². The van der Waals surface area contributed by atoms with Crippen molar-refractivity contribution in [3.63, 3.8) is 0 Å². The third-order valence-electron chi connectivity index (χ3n) is 2.74. The number of carboxylic acids is 1. The molecule has 0 spiro atoms. The summed E-state index contributed by atoms with van der Waals surface area (Å²) < 4.78 is 0. The lowest BCUT2D eigenvalue weighted by Gasteiger charge is -2.03. The first-order valence-electron chi connectivity index (χ1n) is 5.97. The number of nitrogen functional groups attached to an aromatic ring is 1. The van der Waals surface area contributed by atoms with Gasteiger partial charge in [0.2, 0.25) is 0 Å². The maximum Gasteiger partial charge on any atom is 0.328 e. The van der Waals surface area contributed by atoms with Crippen LogP contribution in [0.15, 0.2) is 54.6 Å². The van der Waals surface area contributed by atoms with Crippen molar-refractivity contribution in [1.29, 1.82) is 0 Å². The molecule has 2 rings (SSSR count). The molecule has 0 fully saturated rings. The highest BCUT2D eigenvalue weighted by molar-refractivity contribution is 6.09. The van der Waals surface area contributed by atoms with E-state index in [4.69, 9.17) is 10.8 Å². The maximum atomic E-state index is 12.2. The molecule has 4 nitrogen and oxygen atoms in total. The average molecular weight is 267 g/mol. The molecule has 0 saturated heterocycles. The first-order valence-corrected chi connectivity index (χ1v) is 5.97. The Morgan fingerprint density at radius 1 is 1.00 bits per heavy atom. The van der Waals surface area contributed by atoms with Gasteiger partial charge in [-0.05, 0) is 23.8 Å². The largest absolute Gasteiger partial charge is 0.478 e. The van der Waals surface area contributed by atoms with Gasteiger partial charge in [-0.2, -0.15) is 0 Å². The number of carbonyl (C=O) groups excluding carboxylic acids is 1. The quantitative estimate of drug-likeness (QED) is 0.507. The summed E-state index contributed by atoms with van der Waals surface area (Å²) in [6.45, 7) is 0. The van der Waals surface area contributed by atoms with Crippen LogP contribution in [0.4, 0.5) is 5.69 Å². The number of anilines is 1. The van der Waals surface area contributed by atoms with Crippen molar-refractivity contribution in [1.82, 2.24) is 0 Å². The first kappa shape index (κ1) is 13.5.